The van der Waals surface area contributed by atoms with Crippen molar-refractivity contribution in [3.8, 4) is 0 Å². The Bertz CT molecular complexity index is 1650. The van der Waals surface area contributed by atoms with Crippen molar-refractivity contribution in [1.82, 2.24) is 30.3 Å². The second kappa shape index (κ2) is 12.5. The van der Waals surface area contributed by atoms with E-state index in [4.69, 9.17) is 9.72 Å². The molecule has 5 rings (SSSR count). The molecule has 10 nitrogen and oxygen atoms in total. The van der Waals surface area contributed by atoms with Crippen molar-refractivity contribution in [3.05, 3.63) is 102 Å². The molecule has 0 spiro atoms. The Balaban J connectivity index is 1.60. The predicted molar refractivity (Wildman–Crippen MR) is 158 cm³/mol. The normalized spacial score (nSPS) is 13.1. The quantitative estimate of drug-likeness (QED) is 0.153. The van der Waals surface area contributed by atoms with Gasteiger partial charge in [-0.25, -0.2) is 10.5 Å². The molecule has 0 saturated heterocycles. The molecule has 2 atom stereocenters. The number of hydroxylamine groups is 1. The van der Waals surface area contributed by atoms with E-state index in [9.17, 15) is 14.8 Å². The molecule has 0 bridgehead atoms. The van der Waals surface area contributed by atoms with E-state index in [-0.39, 0.29) is 18.9 Å². The van der Waals surface area contributed by atoms with Gasteiger partial charge < -0.3 is 14.6 Å². The first-order valence-electron chi connectivity index (χ1n) is 13.9. The van der Waals surface area contributed by atoms with Crippen molar-refractivity contribution < 1.29 is 19.5 Å². The maximum Gasteiger partial charge on any atom is 0.274 e. The van der Waals surface area contributed by atoms with Crippen molar-refractivity contribution in [2.24, 2.45) is 0 Å². The van der Waals surface area contributed by atoms with E-state index in [0.717, 1.165) is 27.4 Å². The van der Waals surface area contributed by atoms with Gasteiger partial charge in [0.1, 0.15) is 11.3 Å². The number of ether oxygens (including phenoxy) is 1. The van der Waals surface area contributed by atoms with Crippen molar-refractivity contribution in [2.75, 3.05) is 0 Å². The number of H-pyrrole nitrogens is 1. The van der Waals surface area contributed by atoms with Gasteiger partial charge in [-0.2, -0.15) is 0 Å². The van der Waals surface area contributed by atoms with E-state index in [1.54, 1.807) is 62.0 Å². The second-order valence-corrected chi connectivity index (χ2v) is 10.7. The summed E-state index contributed by atoms with van der Waals surface area (Å²) in [5.74, 6) is -0.419. The third kappa shape index (κ3) is 6.00. The number of benzene rings is 2. The average molecular weight is 567 g/mol. The van der Waals surface area contributed by atoms with E-state index < -0.39 is 23.6 Å². The van der Waals surface area contributed by atoms with Gasteiger partial charge in [-0.05, 0) is 47.9 Å². The Hall–Kier alpha value is -4.67. The first-order valence-corrected chi connectivity index (χ1v) is 13.9. The number of aromatic amines is 1. The number of hydrogen-bond acceptors (Lipinski definition) is 7. The zero-order valence-corrected chi connectivity index (χ0v) is 23.8. The minimum absolute atomic E-state index is 0.0508. The van der Waals surface area contributed by atoms with Gasteiger partial charge in [0, 0.05) is 31.4 Å². The second-order valence-electron chi connectivity index (χ2n) is 10.7. The number of carbonyl (C=O) groups is 2. The van der Waals surface area contributed by atoms with Gasteiger partial charge in [0.25, 0.3) is 5.91 Å². The summed E-state index contributed by atoms with van der Waals surface area (Å²) >= 11 is 0. The van der Waals surface area contributed by atoms with E-state index >= 15 is 0 Å². The first-order chi connectivity index (χ1) is 20.3. The molecular formula is C32H34N6O4. The van der Waals surface area contributed by atoms with Crippen LogP contribution in [0.3, 0.4) is 0 Å². The summed E-state index contributed by atoms with van der Waals surface area (Å²) in [6.07, 6.45) is 5.98. The molecule has 3 aromatic heterocycles. The van der Waals surface area contributed by atoms with Gasteiger partial charge in [-0.3, -0.25) is 24.8 Å². The summed E-state index contributed by atoms with van der Waals surface area (Å²) in [5, 5.41) is 11.9. The van der Waals surface area contributed by atoms with Gasteiger partial charge in [0.15, 0.2) is 6.10 Å². The monoisotopic (exact) mass is 566 g/mol. The summed E-state index contributed by atoms with van der Waals surface area (Å²) in [4.78, 5) is 45.2. The van der Waals surface area contributed by atoms with Crippen LogP contribution in [0.2, 0.25) is 0 Å². The lowest BCUT2D eigenvalue weighted by atomic mass is 9.89. The maximum atomic E-state index is 13.9. The number of carbonyl (C=O) groups excluding carboxylic acids is 2. The maximum absolute atomic E-state index is 13.9. The molecule has 3 heterocycles. The Morgan fingerprint density at radius 2 is 1.79 bits per heavy atom. The van der Waals surface area contributed by atoms with Crippen LogP contribution in [0.1, 0.15) is 50.2 Å². The Morgan fingerprint density at radius 1 is 1.00 bits per heavy atom. The van der Waals surface area contributed by atoms with Crippen LogP contribution in [0, 0.1) is 0 Å². The van der Waals surface area contributed by atoms with Crippen molar-refractivity contribution in [3.63, 3.8) is 0 Å². The minimum Gasteiger partial charge on any atom is -0.361 e. The lowest BCUT2D eigenvalue weighted by Crippen LogP contribution is -2.61. The molecule has 0 fully saturated rings. The number of pyridine rings is 2. The molecule has 3 N–H and O–H groups in total. The summed E-state index contributed by atoms with van der Waals surface area (Å²) in [6.45, 7) is 5.36. The highest BCUT2D eigenvalue weighted by Gasteiger charge is 2.47. The van der Waals surface area contributed by atoms with Crippen molar-refractivity contribution in [2.45, 2.75) is 57.9 Å². The first kappa shape index (κ1) is 28.8. The van der Waals surface area contributed by atoms with Gasteiger partial charge in [0.05, 0.1) is 29.9 Å². The molecule has 216 valence electrons. The van der Waals surface area contributed by atoms with Gasteiger partial charge in [-0.15, -0.1) is 0 Å². The predicted octanol–water partition coefficient (Wildman–Crippen LogP) is 4.90. The Labute approximate surface area is 243 Å². The van der Waals surface area contributed by atoms with Crippen LogP contribution in [0.5, 0.6) is 0 Å². The number of fused-ring (bicyclic) bond motifs is 2. The SMILES string of the molecule is CCC(=O)N([C@@H](Cc1ccc2ccccc2c1)c1nc2cnccc2[nH]1)C(C)(C)[C@H](OCc1cccnc1)C(=O)NO. The van der Waals surface area contributed by atoms with E-state index in [0.29, 0.717) is 17.8 Å². The molecular weight excluding hydrogens is 532 g/mol. The topological polar surface area (TPSA) is 133 Å². The third-order valence-corrected chi connectivity index (χ3v) is 7.50. The Morgan fingerprint density at radius 3 is 2.50 bits per heavy atom. The fourth-order valence-electron chi connectivity index (χ4n) is 5.45. The van der Waals surface area contributed by atoms with Crippen LogP contribution in [0.4, 0.5) is 0 Å². The molecule has 0 aliphatic rings. The largest absolute Gasteiger partial charge is 0.361 e. The molecule has 5 aromatic rings. The van der Waals surface area contributed by atoms with Gasteiger partial charge in [-0.1, -0.05) is 55.5 Å². The van der Waals surface area contributed by atoms with Gasteiger partial charge >= 0.3 is 0 Å². The number of imidazole rings is 1. The lowest BCUT2D eigenvalue weighted by molar-refractivity contribution is -0.163. The van der Waals surface area contributed by atoms with Crippen molar-refractivity contribution in [1.29, 1.82) is 0 Å². The molecule has 10 heteroatoms. The number of amides is 2. The van der Waals surface area contributed by atoms with E-state index in [1.807, 2.05) is 36.4 Å². The minimum atomic E-state index is -1.24. The van der Waals surface area contributed by atoms with Crippen LogP contribution in [-0.4, -0.2) is 53.5 Å². The number of nitrogens with zero attached hydrogens (tertiary/aromatic N) is 4. The summed E-state index contributed by atoms with van der Waals surface area (Å²) < 4.78 is 6.13. The number of nitrogens with one attached hydrogen (secondary N) is 2. The summed E-state index contributed by atoms with van der Waals surface area (Å²) in [6, 6.07) is 19.1. The molecule has 0 aliphatic heterocycles. The number of hydrogen-bond donors (Lipinski definition) is 3. The highest BCUT2D eigenvalue weighted by atomic mass is 16.5. The van der Waals surface area contributed by atoms with Crippen LogP contribution < -0.4 is 5.48 Å². The fourth-order valence-corrected chi connectivity index (χ4v) is 5.45. The molecule has 0 aliphatic carbocycles. The fraction of sp³-hybridized carbons (Fsp3) is 0.281. The summed E-state index contributed by atoms with van der Waals surface area (Å²) in [7, 11) is 0. The highest BCUT2D eigenvalue weighted by Crippen LogP contribution is 2.36. The zero-order chi connectivity index (χ0) is 29.7. The standard InChI is InChI=1S/C32H34N6O4/c1-4-28(39)38(32(2,3)29(31(40)37-41)42-20-22-8-7-14-33-18-22)27(30-35-25-13-15-34-19-26(25)36-30)17-21-11-12-23-9-5-6-10-24(23)16-21/h5-16,18-19,27,29,41H,4,17,20H2,1-3H3,(H,35,36)(H,37,40)/t27-,29+/m0/s1. The Kier molecular flexibility index (Phi) is 8.56. The molecule has 42 heavy (non-hydrogen) atoms. The third-order valence-electron chi connectivity index (χ3n) is 7.50. The highest BCUT2D eigenvalue weighted by molar-refractivity contribution is 5.85. The van der Waals surface area contributed by atoms with E-state index in [1.165, 1.54) is 0 Å². The molecule has 0 unspecified atom stereocenters. The number of aromatic nitrogens is 4. The zero-order valence-electron chi connectivity index (χ0n) is 23.8. The van der Waals surface area contributed by atoms with Gasteiger partial charge in [0.2, 0.25) is 5.91 Å². The molecule has 0 saturated carbocycles. The summed E-state index contributed by atoms with van der Waals surface area (Å²) in [5.41, 5.74) is 3.68. The smallest absolute Gasteiger partial charge is 0.274 e. The van der Waals surface area contributed by atoms with Crippen LogP contribution in [0.15, 0.2) is 85.5 Å². The average Bonchev–Trinajstić information content (AvgIpc) is 3.45. The molecule has 2 aromatic carbocycles. The lowest BCUT2D eigenvalue weighted by Gasteiger charge is -2.46. The van der Waals surface area contributed by atoms with Crippen molar-refractivity contribution >= 4 is 33.6 Å². The van der Waals surface area contributed by atoms with Crippen LogP contribution in [0.25, 0.3) is 21.8 Å². The molecule has 2 amide bonds. The van der Waals surface area contributed by atoms with E-state index in [2.05, 4.69) is 33.2 Å². The van der Waals surface area contributed by atoms with Crippen LogP contribution >= 0.6 is 0 Å². The number of rotatable bonds is 11. The van der Waals surface area contributed by atoms with Crippen LogP contribution in [-0.2, 0) is 27.4 Å². The molecule has 0 radical (unpaired) electrons.